The highest BCUT2D eigenvalue weighted by Gasteiger charge is 2.23. The first-order valence-corrected chi connectivity index (χ1v) is 7.53. The first-order valence-electron chi connectivity index (χ1n) is 6.65. The average molecular weight is 319 g/mol. The van der Waals surface area contributed by atoms with E-state index in [2.05, 4.69) is 5.32 Å². The molecule has 0 spiro atoms. The van der Waals surface area contributed by atoms with Crippen molar-refractivity contribution >= 4 is 23.2 Å². The number of amides is 1. The summed E-state index contributed by atoms with van der Waals surface area (Å²) in [5, 5.41) is 13.6. The number of carbonyl (C=O) groups excluding carboxylic acids is 1. The molecule has 0 fully saturated rings. The molecule has 116 valence electrons. The second kappa shape index (κ2) is 6.62. The summed E-state index contributed by atoms with van der Waals surface area (Å²) < 4.78 is 5.03. The molecule has 6 heteroatoms. The molecule has 5 nitrogen and oxygen atoms in total. The minimum absolute atomic E-state index is 0.409. The lowest BCUT2D eigenvalue weighted by Crippen LogP contribution is -2.33. The Morgan fingerprint density at radius 1 is 1.23 bits per heavy atom. The highest BCUT2D eigenvalue weighted by atomic mass is 32.1. The number of methoxy groups -OCH3 is 1. The number of hydrogen-bond donors (Lipinski definition) is 2. The lowest BCUT2D eigenvalue weighted by molar-refractivity contribution is -0.139. The van der Waals surface area contributed by atoms with Gasteiger partial charge in [0.1, 0.15) is 5.75 Å². The predicted molar refractivity (Wildman–Crippen MR) is 84.6 cm³/mol. The zero-order valence-corrected chi connectivity index (χ0v) is 13.4. The largest absolute Gasteiger partial charge is 0.496 e. The fourth-order valence-corrected chi connectivity index (χ4v) is 2.74. The van der Waals surface area contributed by atoms with Crippen molar-refractivity contribution in [3.63, 3.8) is 0 Å². The van der Waals surface area contributed by atoms with Crippen LogP contribution in [0.25, 0.3) is 0 Å². The summed E-state index contributed by atoms with van der Waals surface area (Å²) in [6, 6.07) is 5.85. The van der Waals surface area contributed by atoms with Gasteiger partial charge in [-0.3, -0.25) is 4.79 Å². The zero-order valence-electron chi connectivity index (χ0n) is 12.5. The van der Waals surface area contributed by atoms with Crippen LogP contribution in [0.1, 0.15) is 32.4 Å². The lowest BCUT2D eigenvalue weighted by atomic mass is 10.0. The van der Waals surface area contributed by atoms with Crippen molar-refractivity contribution in [3.05, 3.63) is 51.2 Å². The Balaban J connectivity index is 2.23. The number of carboxylic acids is 1. The van der Waals surface area contributed by atoms with Crippen molar-refractivity contribution < 1.29 is 19.4 Å². The van der Waals surface area contributed by atoms with Gasteiger partial charge in [0.05, 0.1) is 12.0 Å². The van der Waals surface area contributed by atoms with Crippen molar-refractivity contribution in [3.8, 4) is 5.75 Å². The molecule has 0 aliphatic rings. The van der Waals surface area contributed by atoms with Crippen LogP contribution in [0.15, 0.2) is 29.6 Å². The van der Waals surface area contributed by atoms with E-state index < -0.39 is 17.9 Å². The fourth-order valence-electron chi connectivity index (χ4n) is 1.98. The average Bonchev–Trinajstić information content (AvgIpc) is 2.96. The first kappa shape index (κ1) is 16.0. The molecule has 22 heavy (non-hydrogen) atoms. The lowest BCUT2D eigenvalue weighted by Gasteiger charge is -2.15. The van der Waals surface area contributed by atoms with Crippen molar-refractivity contribution in [1.82, 2.24) is 5.32 Å². The number of ether oxygens (including phenoxy) is 1. The third kappa shape index (κ3) is 3.46. The van der Waals surface area contributed by atoms with Crippen LogP contribution in [0.4, 0.5) is 0 Å². The number of benzene rings is 1. The van der Waals surface area contributed by atoms with E-state index in [1.807, 2.05) is 19.9 Å². The Morgan fingerprint density at radius 2 is 1.95 bits per heavy atom. The van der Waals surface area contributed by atoms with Gasteiger partial charge in [0.15, 0.2) is 6.04 Å². The number of aryl methyl sites for hydroxylation is 2. The highest BCUT2D eigenvalue weighted by molar-refractivity contribution is 7.12. The quantitative estimate of drug-likeness (QED) is 0.888. The molecule has 0 bridgehead atoms. The van der Waals surface area contributed by atoms with Gasteiger partial charge in [0.25, 0.3) is 5.91 Å². The maximum atomic E-state index is 12.2. The van der Waals surface area contributed by atoms with Crippen LogP contribution < -0.4 is 10.1 Å². The Bertz CT molecular complexity index is 708. The number of nitrogens with one attached hydrogen (secondary N) is 1. The molecule has 0 radical (unpaired) electrons. The Labute approximate surface area is 132 Å². The molecule has 0 aliphatic heterocycles. The fraction of sp³-hybridized carbons (Fsp3) is 0.250. The molecule has 1 atom stereocenters. The molecule has 1 aromatic carbocycles. The molecule has 2 aromatic rings. The van der Waals surface area contributed by atoms with Crippen LogP contribution in [0.5, 0.6) is 5.75 Å². The summed E-state index contributed by atoms with van der Waals surface area (Å²) in [6.45, 7) is 3.86. The molecule has 2 rings (SSSR count). The number of rotatable bonds is 5. The maximum Gasteiger partial charge on any atom is 0.330 e. The van der Waals surface area contributed by atoms with E-state index in [1.54, 1.807) is 23.6 Å². The van der Waals surface area contributed by atoms with Crippen molar-refractivity contribution in [2.24, 2.45) is 0 Å². The van der Waals surface area contributed by atoms with Crippen LogP contribution in [0.3, 0.4) is 0 Å². The van der Waals surface area contributed by atoms with E-state index in [9.17, 15) is 14.7 Å². The standard InChI is InChI=1S/C16H17NO4S/c1-9-4-5-11(6-10(9)2)14(16(19)20)17-15(18)13-7-12(21-3)8-22-13/h4-8,14H,1-3H3,(H,17,18)(H,19,20). The smallest absolute Gasteiger partial charge is 0.330 e. The Kier molecular flexibility index (Phi) is 4.82. The van der Waals surface area contributed by atoms with Crippen LogP contribution in [-0.2, 0) is 4.79 Å². The number of aliphatic carboxylic acids is 1. The third-order valence-corrected chi connectivity index (χ3v) is 4.33. The molecule has 0 saturated heterocycles. The van der Waals surface area contributed by atoms with Crippen LogP contribution in [-0.4, -0.2) is 24.1 Å². The normalized spacial score (nSPS) is 11.8. The summed E-state index contributed by atoms with van der Waals surface area (Å²) in [4.78, 5) is 24.1. The second-order valence-corrected chi connectivity index (χ2v) is 5.85. The number of carbonyl (C=O) groups is 2. The molecule has 2 N–H and O–H groups in total. The van der Waals surface area contributed by atoms with Gasteiger partial charge in [-0.05, 0) is 30.5 Å². The predicted octanol–water partition coefficient (Wildman–Crippen LogP) is 2.93. The van der Waals surface area contributed by atoms with Gasteiger partial charge < -0.3 is 15.2 Å². The molecule has 1 heterocycles. The number of thiophene rings is 1. The maximum absolute atomic E-state index is 12.2. The van der Waals surface area contributed by atoms with Gasteiger partial charge in [-0.15, -0.1) is 11.3 Å². The van der Waals surface area contributed by atoms with Crippen LogP contribution in [0, 0.1) is 13.8 Å². The Hall–Kier alpha value is -2.34. The van der Waals surface area contributed by atoms with Gasteiger partial charge in [0, 0.05) is 11.4 Å². The van der Waals surface area contributed by atoms with Crippen LogP contribution in [0.2, 0.25) is 0 Å². The summed E-state index contributed by atoms with van der Waals surface area (Å²) in [5.74, 6) is -0.952. The minimum atomic E-state index is -1.10. The van der Waals surface area contributed by atoms with Gasteiger partial charge in [-0.1, -0.05) is 18.2 Å². The van der Waals surface area contributed by atoms with Gasteiger partial charge in [-0.25, -0.2) is 4.79 Å². The van der Waals surface area contributed by atoms with E-state index in [4.69, 9.17) is 4.74 Å². The molecular weight excluding hydrogens is 302 g/mol. The topological polar surface area (TPSA) is 75.6 Å². The van der Waals surface area contributed by atoms with E-state index in [0.717, 1.165) is 11.1 Å². The summed E-state index contributed by atoms with van der Waals surface area (Å²) in [5.41, 5.74) is 2.60. The van der Waals surface area contributed by atoms with Gasteiger partial charge >= 0.3 is 5.97 Å². The monoisotopic (exact) mass is 319 g/mol. The molecule has 1 unspecified atom stereocenters. The van der Waals surface area contributed by atoms with Gasteiger partial charge in [-0.2, -0.15) is 0 Å². The van der Waals surface area contributed by atoms with E-state index in [0.29, 0.717) is 16.2 Å². The SMILES string of the molecule is COc1csc(C(=O)NC(C(=O)O)c2ccc(C)c(C)c2)c1. The first-order chi connectivity index (χ1) is 10.4. The third-order valence-electron chi connectivity index (χ3n) is 3.42. The Morgan fingerprint density at radius 3 is 2.50 bits per heavy atom. The zero-order chi connectivity index (χ0) is 16.3. The number of hydrogen-bond acceptors (Lipinski definition) is 4. The molecule has 1 aromatic heterocycles. The second-order valence-electron chi connectivity index (χ2n) is 4.94. The molecule has 1 amide bonds. The van der Waals surface area contributed by atoms with E-state index in [1.165, 1.54) is 18.4 Å². The highest BCUT2D eigenvalue weighted by Crippen LogP contribution is 2.23. The van der Waals surface area contributed by atoms with E-state index >= 15 is 0 Å². The van der Waals surface area contributed by atoms with Crippen molar-refractivity contribution in [2.75, 3.05) is 7.11 Å². The summed E-state index contributed by atoms with van der Waals surface area (Å²) in [7, 11) is 1.51. The number of carboxylic acid groups (broad SMARTS) is 1. The summed E-state index contributed by atoms with van der Waals surface area (Å²) >= 11 is 1.21. The molecule has 0 saturated carbocycles. The molecule has 0 aliphatic carbocycles. The van der Waals surface area contributed by atoms with Crippen LogP contribution >= 0.6 is 11.3 Å². The minimum Gasteiger partial charge on any atom is -0.496 e. The van der Waals surface area contributed by atoms with E-state index in [-0.39, 0.29) is 0 Å². The van der Waals surface area contributed by atoms with Crippen molar-refractivity contribution in [2.45, 2.75) is 19.9 Å². The summed E-state index contributed by atoms with van der Waals surface area (Å²) in [6.07, 6.45) is 0. The molecular formula is C16H17NO4S. The van der Waals surface area contributed by atoms with Crippen molar-refractivity contribution in [1.29, 1.82) is 0 Å². The van der Waals surface area contributed by atoms with Gasteiger partial charge in [0.2, 0.25) is 0 Å².